The molecule has 0 radical (unpaired) electrons. The molecule has 3 nitrogen and oxygen atoms in total. The molecule has 1 heterocycles. The van der Waals surface area contributed by atoms with Gasteiger partial charge in [0.05, 0.1) is 0 Å². The molecule has 0 aliphatic carbocycles. The Morgan fingerprint density at radius 2 is 1.86 bits per heavy atom. The topological polar surface area (TPSA) is 38.3 Å². The quantitative estimate of drug-likeness (QED) is 0.930. The molecule has 21 heavy (non-hydrogen) atoms. The zero-order valence-corrected chi connectivity index (χ0v) is 12.3. The number of fused-ring (bicyclic) bond motifs is 1. The van der Waals surface area contributed by atoms with Crippen LogP contribution in [0.1, 0.15) is 30.9 Å². The maximum Gasteiger partial charge on any atom is 0.265 e. The van der Waals surface area contributed by atoms with Gasteiger partial charge in [-0.25, -0.2) is 0 Å². The highest BCUT2D eigenvalue weighted by Crippen LogP contribution is 2.29. The van der Waals surface area contributed by atoms with Crippen molar-refractivity contribution in [3.05, 3.63) is 59.7 Å². The fourth-order valence-corrected chi connectivity index (χ4v) is 2.66. The summed E-state index contributed by atoms with van der Waals surface area (Å²) in [6.07, 6.45) is 0.189. The van der Waals surface area contributed by atoms with E-state index < -0.39 is 6.10 Å². The zero-order valence-electron chi connectivity index (χ0n) is 12.3. The third-order valence-electron chi connectivity index (χ3n) is 3.78. The maximum absolute atomic E-state index is 12.4. The molecule has 1 unspecified atom stereocenters. The van der Waals surface area contributed by atoms with Gasteiger partial charge in [0, 0.05) is 12.1 Å². The number of amides is 1. The molecule has 3 rings (SSSR count). The lowest BCUT2D eigenvalue weighted by molar-refractivity contribution is -0.122. The van der Waals surface area contributed by atoms with E-state index in [0.717, 1.165) is 22.6 Å². The number of hydrogen-bond acceptors (Lipinski definition) is 2. The van der Waals surface area contributed by atoms with Crippen LogP contribution in [0.5, 0.6) is 5.75 Å². The molecule has 1 N–H and O–H groups in total. The molecule has 1 aliphatic heterocycles. The largest absolute Gasteiger partial charge is 0.480 e. The van der Waals surface area contributed by atoms with Gasteiger partial charge in [0.15, 0.2) is 6.10 Å². The Labute approximate surface area is 124 Å². The number of carbonyl (C=O) groups is 1. The van der Waals surface area contributed by atoms with Crippen molar-refractivity contribution < 1.29 is 9.53 Å². The molecule has 0 bridgehead atoms. The van der Waals surface area contributed by atoms with Gasteiger partial charge >= 0.3 is 0 Å². The minimum Gasteiger partial charge on any atom is -0.480 e. The van der Waals surface area contributed by atoms with Gasteiger partial charge in [0.1, 0.15) is 5.75 Å². The van der Waals surface area contributed by atoms with E-state index in [4.69, 9.17) is 4.74 Å². The summed E-state index contributed by atoms with van der Waals surface area (Å²) in [5, 5.41) is 3.00. The van der Waals surface area contributed by atoms with Crippen LogP contribution in [0, 0.1) is 0 Å². The Balaban J connectivity index is 1.74. The summed E-state index contributed by atoms with van der Waals surface area (Å²) >= 11 is 0. The Bertz CT molecular complexity index is 639. The molecule has 108 valence electrons. The number of anilines is 1. The van der Waals surface area contributed by atoms with Crippen LogP contribution in [0.4, 0.5) is 5.69 Å². The van der Waals surface area contributed by atoms with Gasteiger partial charge in [-0.05, 0) is 29.2 Å². The molecule has 0 spiro atoms. The summed E-state index contributed by atoms with van der Waals surface area (Å²) in [4.78, 5) is 12.4. The third kappa shape index (κ3) is 2.77. The van der Waals surface area contributed by atoms with Gasteiger partial charge in [0.25, 0.3) is 5.91 Å². The second kappa shape index (κ2) is 5.60. The van der Waals surface area contributed by atoms with Crippen molar-refractivity contribution in [2.75, 3.05) is 5.32 Å². The van der Waals surface area contributed by atoms with Crippen LogP contribution in [-0.4, -0.2) is 12.0 Å². The number of hydrogen-bond donors (Lipinski definition) is 1. The lowest BCUT2D eigenvalue weighted by Gasteiger charge is -2.16. The highest BCUT2D eigenvalue weighted by molar-refractivity contribution is 5.95. The standard InChI is InChI=1S/C18H19NO2/c1-12(2)14-8-4-5-9-15(14)19-18(20)17-11-13-7-3-6-10-16(13)21-17/h3-10,12,17H,11H2,1-2H3,(H,19,20). The minimum absolute atomic E-state index is 0.0840. The van der Waals surface area contributed by atoms with Crippen molar-refractivity contribution in [1.29, 1.82) is 0 Å². The third-order valence-corrected chi connectivity index (χ3v) is 3.78. The predicted octanol–water partition coefficient (Wildman–Crippen LogP) is 3.75. The summed E-state index contributed by atoms with van der Waals surface area (Å²) in [5.74, 6) is 1.09. The Hall–Kier alpha value is -2.29. The summed E-state index contributed by atoms with van der Waals surface area (Å²) in [7, 11) is 0. The molecule has 0 saturated heterocycles. The predicted molar refractivity (Wildman–Crippen MR) is 83.7 cm³/mol. The van der Waals surface area contributed by atoms with Crippen molar-refractivity contribution >= 4 is 11.6 Å². The van der Waals surface area contributed by atoms with Crippen molar-refractivity contribution in [2.45, 2.75) is 32.3 Å². The first-order valence-electron chi connectivity index (χ1n) is 7.29. The van der Waals surface area contributed by atoms with Gasteiger partial charge in [-0.15, -0.1) is 0 Å². The fourth-order valence-electron chi connectivity index (χ4n) is 2.66. The number of ether oxygens (including phenoxy) is 1. The van der Waals surface area contributed by atoms with Crippen molar-refractivity contribution in [3.63, 3.8) is 0 Å². The van der Waals surface area contributed by atoms with Crippen LogP contribution < -0.4 is 10.1 Å². The van der Waals surface area contributed by atoms with E-state index in [1.165, 1.54) is 0 Å². The number of para-hydroxylation sites is 2. The van der Waals surface area contributed by atoms with Crippen molar-refractivity contribution in [3.8, 4) is 5.75 Å². The van der Waals surface area contributed by atoms with Gasteiger partial charge in [0.2, 0.25) is 0 Å². The van der Waals surface area contributed by atoms with Crippen LogP contribution in [0.15, 0.2) is 48.5 Å². The first kappa shape index (κ1) is 13.7. The lowest BCUT2D eigenvalue weighted by Crippen LogP contribution is -2.31. The molecule has 1 aliphatic rings. The van der Waals surface area contributed by atoms with E-state index in [-0.39, 0.29) is 5.91 Å². The van der Waals surface area contributed by atoms with E-state index >= 15 is 0 Å². The molecule has 2 aromatic rings. The van der Waals surface area contributed by atoms with Crippen LogP contribution in [0.3, 0.4) is 0 Å². The summed E-state index contributed by atoms with van der Waals surface area (Å²) in [6.45, 7) is 4.24. The molecule has 1 amide bonds. The average molecular weight is 281 g/mol. The molecular weight excluding hydrogens is 262 g/mol. The van der Waals surface area contributed by atoms with Crippen LogP contribution in [0.2, 0.25) is 0 Å². The number of nitrogens with one attached hydrogen (secondary N) is 1. The minimum atomic E-state index is -0.442. The average Bonchev–Trinajstić information content (AvgIpc) is 2.91. The molecule has 0 fully saturated rings. The molecule has 1 atom stereocenters. The Morgan fingerprint density at radius 3 is 2.62 bits per heavy atom. The first-order chi connectivity index (χ1) is 10.1. The fraction of sp³-hybridized carbons (Fsp3) is 0.278. The number of rotatable bonds is 3. The molecular formula is C18H19NO2. The number of benzene rings is 2. The second-order valence-corrected chi connectivity index (χ2v) is 5.65. The molecule has 2 aromatic carbocycles. The van der Waals surface area contributed by atoms with Gasteiger partial charge < -0.3 is 10.1 Å². The lowest BCUT2D eigenvalue weighted by atomic mass is 10.0. The van der Waals surface area contributed by atoms with E-state index in [9.17, 15) is 4.79 Å². The maximum atomic E-state index is 12.4. The second-order valence-electron chi connectivity index (χ2n) is 5.65. The summed E-state index contributed by atoms with van der Waals surface area (Å²) in [5.41, 5.74) is 3.10. The van der Waals surface area contributed by atoms with Crippen molar-refractivity contribution in [1.82, 2.24) is 0 Å². The molecule has 3 heteroatoms. The van der Waals surface area contributed by atoms with Crippen LogP contribution in [-0.2, 0) is 11.2 Å². The SMILES string of the molecule is CC(C)c1ccccc1NC(=O)C1Cc2ccccc2O1. The summed E-state index contributed by atoms with van der Waals surface area (Å²) in [6, 6.07) is 15.7. The van der Waals surface area contributed by atoms with Gasteiger partial charge in [-0.2, -0.15) is 0 Å². The normalized spacial score (nSPS) is 16.4. The van der Waals surface area contributed by atoms with Gasteiger partial charge in [-0.3, -0.25) is 4.79 Å². The molecule has 0 saturated carbocycles. The van der Waals surface area contributed by atoms with E-state index in [0.29, 0.717) is 12.3 Å². The Kier molecular flexibility index (Phi) is 3.65. The highest BCUT2D eigenvalue weighted by Gasteiger charge is 2.29. The zero-order chi connectivity index (χ0) is 14.8. The smallest absolute Gasteiger partial charge is 0.265 e. The number of carbonyl (C=O) groups excluding carboxylic acids is 1. The van der Waals surface area contributed by atoms with Crippen LogP contribution >= 0.6 is 0 Å². The first-order valence-corrected chi connectivity index (χ1v) is 7.29. The van der Waals surface area contributed by atoms with Crippen molar-refractivity contribution in [2.24, 2.45) is 0 Å². The molecule has 0 aromatic heterocycles. The summed E-state index contributed by atoms with van der Waals surface area (Å²) < 4.78 is 5.73. The monoisotopic (exact) mass is 281 g/mol. The van der Waals surface area contributed by atoms with Crippen LogP contribution in [0.25, 0.3) is 0 Å². The van der Waals surface area contributed by atoms with E-state index in [1.807, 2.05) is 48.5 Å². The highest BCUT2D eigenvalue weighted by atomic mass is 16.5. The van der Waals surface area contributed by atoms with E-state index in [2.05, 4.69) is 19.2 Å². The Morgan fingerprint density at radius 1 is 1.14 bits per heavy atom. The van der Waals surface area contributed by atoms with E-state index in [1.54, 1.807) is 0 Å². The van der Waals surface area contributed by atoms with Gasteiger partial charge in [-0.1, -0.05) is 50.2 Å².